The Kier molecular flexibility index (Phi) is 5.11. The lowest BCUT2D eigenvalue weighted by molar-refractivity contribution is 0.101. The fraction of sp³-hybridized carbons (Fsp3) is 0.636. The molecule has 0 aliphatic heterocycles. The Morgan fingerprint density at radius 2 is 2.11 bits per heavy atom. The molecular weight excluding hydrogens is 236 g/mol. The molecule has 1 atom stereocenters. The van der Waals surface area contributed by atoms with Crippen LogP contribution < -0.4 is 15.4 Å². The van der Waals surface area contributed by atoms with E-state index in [4.69, 9.17) is 15.6 Å². The van der Waals surface area contributed by atoms with Crippen LogP contribution in [0.3, 0.4) is 0 Å². The average molecular weight is 256 g/mol. The zero-order valence-electron chi connectivity index (χ0n) is 10.9. The molecule has 1 heterocycles. The van der Waals surface area contributed by atoms with Gasteiger partial charge in [-0.05, 0) is 13.8 Å². The van der Waals surface area contributed by atoms with E-state index in [1.807, 2.05) is 13.8 Å². The Hall–Kier alpha value is -1.60. The van der Waals surface area contributed by atoms with E-state index in [-0.39, 0.29) is 25.2 Å². The average Bonchev–Trinajstić information content (AvgIpc) is 2.26. The van der Waals surface area contributed by atoms with Crippen LogP contribution in [0.25, 0.3) is 0 Å². The number of nitrogens with zero attached hydrogens (tertiary/aromatic N) is 3. The van der Waals surface area contributed by atoms with Gasteiger partial charge in [0.25, 0.3) is 0 Å². The zero-order chi connectivity index (χ0) is 13.7. The number of hydrogen-bond donors (Lipinski definition) is 3. The smallest absolute Gasteiger partial charge is 0.225 e. The molecule has 0 unspecified atom stereocenters. The number of likely N-dealkylation sites (N-methyl/N-ethyl adjacent to an activating group) is 1. The summed E-state index contributed by atoms with van der Waals surface area (Å²) < 4.78 is 5.45. The quantitative estimate of drug-likeness (QED) is 0.638. The summed E-state index contributed by atoms with van der Waals surface area (Å²) in [6, 6.07) is 1.64. The van der Waals surface area contributed by atoms with Crippen LogP contribution in [0.5, 0.6) is 5.88 Å². The molecule has 7 heteroatoms. The molecule has 1 aromatic heterocycles. The highest BCUT2D eigenvalue weighted by atomic mass is 16.5. The van der Waals surface area contributed by atoms with Gasteiger partial charge in [-0.3, -0.25) is 0 Å². The minimum Gasteiger partial charge on any atom is -0.475 e. The molecule has 1 rings (SSSR count). The maximum Gasteiger partial charge on any atom is 0.225 e. The summed E-state index contributed by atoms with van der Waals surface area (Å²) >= 11 is 0. The van der Waals surface area contributed by atoms with Gasteiger partial charge in [-0.15, -0.1) is 0 Å². The first-order valence-corrected chi connectivity index (χ1v) is 5.73. The molecule has 18 heavy (non-hydrogen) atoms. The Morgan fingerprint density at radius 3 is 2.67 bits per heavy atom. The van der Waals surface area contributed by atoms with Gasteiger partial charge in [0.05, 0.1) is 18.8 Å². The zero-order valence-corrected chi connectivity index (χ0v) is 10.9. The molecule has 0 fully saturated rings. The molecule has 0 amide bonds. The van der Waals surface area contributed by atoms with Crippen molar-refractivity contribution in [2.45, 2.75) is 26.1 Å². The molecule has 0 saturated heterocycles. The molecular formula is C11H20N4O3. The van der Waals surface area contributed by atoms with Crippen molar-refractivity contribution in [1.82, 2.24) is 9.97 Å². The van der Waals surface area contributed by atoms with Crippen molar-refractivity contribution in [2.75, 3.05) is 30.8 Å². The van der Waals surface area contributed by atoms with Crippen LogP contribution in [0.1, 0.15) is 13.8 Å². The van der Waals surface area contributed by atoms with Gasteiger partial charge in [-0.2, -0.15) is 9.97 Å². The van der Waals surface area contributed by atoms with E-state index in [2.05, 4.69) is 9.97 Å². The second kappa shape index (κ2) is 6.36. The van der Waals surface area contributed by atoms with E-state index >= 15 is 0 Å². The lowest BCUT2D eigenvalue weighted by atomic mass is 10.3. The van der Waals surface area contributed by atoms with E-state index < -0.39 is 6.10 Å². The highest BCUT2D eigenvalue weighted by Gasteiger charge is 2.12. The number of aliphatic hydroxyl groups excluding tert-OH is 2. The maximum atomic E-state index is 9.38. The van der Waals surface area contributed by atoms with Crippen LogP contribution in [0.4, 0.5) is 11.8 Å². The molecule has 0 radical (unpaired) electrons. The molecule has 0 bridgehead atoms. The third-order valence-electron chi connectivity index (χ3n) is 2.15. The van der Waals surface area contributed by atoms with Crippen molar-refractivity contribution in [1.29, 1.82) is 0 Å². The van der Waals surface area contributed by atoms with Crippen LogP contribution in [-0.4, -0.2) is 52.6 Å². The van der Waals surface area contributed by atoms with Crippen LogP contribution >= 0.6 is 0 Å². The van der Waals surface area contributed by atoms with Gasteiger partial charge in [0, 0.05) is 19.7 Å². The van der Waals surface area contributed by atoms with Gasteiger partial charge in [0.1, 0.15) is 5.82 Å². The summed E-state index contributed by atoms with van der Waals surface area (Å²) in [4.78, 5) is 9.68. The highest BCUT2D eigenvalue weighted by Crippen LogP contribution is 2.18. The first kappa shape index (κ1) is 14.5. The van der Waals surface area contributed by atoms with Crippen LogP contribution in [-0.2, 0) is 0 Å². The van der Waals surface area contributed by atoms with Gasteiger partial charge in [-0.25, -0.2) is 0 Å². The molecule has 0 spiro atoms. The van der Waals surface area contributed by atoms with Crippen LogP contribution in [0.15, 0.2) is 6.07 Å². The number of anilines is 2. The number of rotatable bonds is 6. The standard InChI is InChI=1S/C11H20N4O3/c1-7(2)18-10-4-9(13-11(12)14-10)15(3)5-8(17)6-16/h4,7-8,16-17H,5-6H2,1-3H3,(H2,12,13,14)/t8-/m0/s1. The van der Waals surface area contributed by atoms with Gasteiger partial charge in [-0.1, -0.05) is 0 Å². The van der Waals surface area contributed by atoms with Gasteiger partial charge in [0.2, 0.25) is 11.8 Å². The molecule has 1 aromatic rings. The molecule has 0 aliphatic carbocycles. The summed E-state index contributed by atoms with van der Waals surface area (Å²) in [6.45, 7) is 3.71. The minimum absolute atomic E-state index is 0.0134. The van der Waals surface area contributed by atoms with E-state index in [1.165, 1.54) is 0 Å². The molecule has 4 N–H and O–H groups in total. The Balaban J connectivity index is 2.84. The van der Waals surface area contributed by atoms with Crippen molar-refractivity contribution in [2.24, 2.45) is 0 Å². The predicted molar refractivity (Wildman–Crippen MR) is 68.6 cm³/mol. The van der Waals surface area contributed by atoms with E-state index in [9.17, 15) is 5.11 Å². The largest absolute Gasteiger partial charge is 0.475 e. The summed E-state index contributed by atoms with van der Waals surface area (Å²) in [7, 11) is 1.74. The minimum atomic E-state index is -0.833. The van der Waals surface area contributed by atoms with Crippen molar-refractivity contribution in [3.05, 3.63) is 6.07 Å². The number of ether oxygens (including phenoxy) is 1. The SMILES string of the molecule is CC(C)Oc1cc(N(C)C[C@H](O)CO)nc(N)n1. The maximum absolute atomic E-state index is 9.38. The van der Waals surface area contributed by atoms with Crippen molar-refractivity contribution >= 4 is 11.8 Å². The van der Waals surface area contributed by atoms with Crippen LogP contribution in [0, 0.1) is 0 Å². The number of hydrogen-bond acceptors (Lipinski definition) is 7. The van der Waals surface area contributed by atoms with E-state index in [0.29, 0.717) is 11.7 Å². The Bertz CT molecular complexity index is 387. The first-order valence-electron chi connectivity index (χ1n) is 5.73. The molecule has 102 valence electrons. The summed E-state index contributed by atoms with van der Waals surface area (Å²) in [5.41, 5.74) is 5.60. The third-order valence-corrected chi connectivity index (χ3v) is 2.15. The predicted octanol–water partition coefficient (Wildman–Crippen LogP) is -0.365. The Labute approximate surface area is 106 Å². The number of aromatic nitrogens is 2. The summed E-state index contributed by atoms with van der Waals surface area (Å²) in [6.07, 6.45) is -0.846. The lowest BCUT2D eigenvalue weighted by Gasteiger charge is -2.21. The van der Waals surface area contributed by atoms with Crippen molar-refractivity contribution in [3.63, 3.8) is 0 Å². The molecule has 0 aliphatic rings. The summed E-state index contributed by atoms with van der Waals surface area (Å²) in [5.74, 6) is 1.02. The molecule has 0 saturated carbocycles. The highest BCUT2D eigenvalue weighted by molar-refractivity contribution is 5.44. The van der Waals surface area contributed by atoms with Gasteiger partial charge < -0.3 is 25.6 Å². The molecule has 0 aromatic carbocycles. The number of nitrogens with two attached hydrogens (primary N) is 1. The van der Waals surface area contributed by atoms with Crippen molar-refractivity contribution in [3.8, 4) is 5.88 Å². The van der Waals surface area contributed by atoms with Gasteiger partial charge >= 0.3 is 0 Å². The fourth-order valence-electron chi connectivity index (χ4n) is 1.40. The van der Waals surface area contributed by atoms with Crippen LogP contribution in [0.2, 0.25) is 0 Å². The number of nitrogen functional groups attached to an aromatic ring is 1. The number of aliphatic hydroxyl groups is 2. The normalized spacial score (nSPS) is 12.6. The fourth-order valence-corrected chi connectivity index (χ4v) is 1.40. The molecule has 7 nitrogen and oxygen atoms in total. The van der Waals surface area contributed by atoms with E-state index in [0.717, 1.165) is 0 Å². The Morgan fingerprint density at radius 1 is 1.44 bits per heavy atom. The monoisotopic (exact) mass is 256 g/mol. The first-order chi connectivity index (χ1) is 8.42. The topological polar surface area (TPSA) is 105 Å². The lowest BCUT2D eigenvalue weighted by Crippen LogP contribution is -2.32. The third kappa shape index (κ3) is 4.34. The summed E-state index contributed by atoms with van der Waals surface area (Å²) in [5, 5.41) is 18.2. The van der Waals surface area contributed by atoms with Gasteiger partial charge in [0.15, 0.2) is 0 Å². The van der Waals surface area contributed by atoms with E-state index in [1.54, 1.807) is 18.0 Å². The second-order valence-electron chi connectivity index (χ2n) is 4.31. The van der Waals surface area contributed by atoms with Crippen molar-refractivity contribution < 1.29 is 14.9 Å². The second-order valence-corrected chi connectivity index (χ2v) is 4.31.